The molecule has 0 spiro atoms. The van der Waals surface area contributed by atoms with Crippen molar-refractivity contribution in [2.75, 3.05) is 20.8 Å². The summed E-state index contributed by atoms with van der Waals surface area (Å²) in [6.45, 7) is 4.07. The van der Waals surface area contributed by atoms with Crippen LogP contribution in [0.2, 0.25) is 0 Å². The maximum atomic E-state index is 12.4. The SMILES string of the molecule is C=CCOc1ccc(/C=C/C(=O)c2cc(OC)ccc2OC)cc1. The number of methoxy groups -OCH3 is 2. The molecular weight excluding hydrogens is 304 g/mol. The molecule has 0 aliphatic rings. The van der Waals surface area contributed by atoms with Crippen molar-refractivity contribution in [2.24, 2.45) is 0 Å². The van der Waals surface area contributed by atoms with Gasteiger partial charge in [-0.3, -0.25) is 4.79 Å². The van der Waals surface area contributed by atoms with Gasteiger partial charge in [-0.15, -0.1) is 0 Å². The van der Waals surface area contributed by atoms with Crippen molar-refractivity contribution in [3.63, 3.8) is 0 Å². The Labute approximate surface area is 142 Å². The summed E-state index contributed by atoms with van der Waals surface area (Å²) >= 11 is 0. The van der Waals surface area contributed by atoms with Crippen LogP contribution in [0.15, 0.2) is 61.2 Å². The number of carbonyl (C=O) groups excluding carboxylic acids is 1. The Bertz CT molecular complexity index is 730. The third-order valence-electron chi connectivity index (χ3n) is 3.35. The molecular formula is C20H20O4. The summed E-state index contributed by atoms with van der Waals surface area (Å²) in [5, 5.41) is 0. The van der Waals surface area contributed by atoms with E-state index in [1.165, 1.54) is 13.2 Å². The van der Waals surface area contributed by atoms with E-state index in [2.05, 4.69) is 6.58 Å². The average Bonchev–Trinajstić information content (AvgIpc) is 2.64. The van der Waals surface area contributed by atoms with Gasteiger partial charge in [0, 0.05) is 0 Å². The molecule has 4 nitrogen and oxygen atoms in total. The number of hydrogen-bond acceptors (Lipinski definition) is 4. The molecule has 0 bridgehead atoms. The van der Waals surface area contributed by atoms with E-state index in [-0.39, 0.29) is 5.78 Å². The van der Waals surface area contributed by atoms with Gasteiger partial charge in [-0.1, -0.05) is 30.9 Å². The third kappa shape index (κ3) is 4.49. The van der Waals surface area contributed by atoms with Crippen LogP contribution in [-0.2, 0) is 0 Å². The van der Waals surface area contributed by atoms with Crippen molar-refractivity contribution in [3.05, 3.63) is 72.3 Å². The summed E-state index contributed by atoms with van der Waals surface area (Å²) in [6.07, 6.45) is 4.95. The summed E-state index contributed by atoms with van der Waals surface area (Å²) in [5.74, 6) is 1.72. The zero-order valence-corrected chi connectivity index (χ0v) is 13.8. The Hall–Kier alpha value is -3.01. The van der Waals surface area contributed by atoms with E-state index in [9.17, 15) is 4.79 Å². The second-order valence-corrected chi connectivity index (χ2v) is 4.93. The van der Waals surface area contributed by atoms with Crippen LogP contribution in [0.4, 0.5) is 0 Å². The van der Waals surface area contributed by atoms with Crippen LogP contribution in [0.5, 0.6) is 17.2 Å². The highest BCUT2D eigenvalue weighted by atomic mass is 16.5. The van der Waals surface area contributed by atoms with E-state index >= 15 is 0 Å². The van der Waals surface area contributed by atoms with Crippen LogP contribution < -0.4 is 14.2 Å². The number of carbonyl (C=O) groups is 1. The topological polar surface area (TPSA) is 44.8 Å². The summed E-state index contributed by atoms with van der Waals surface area (Å²) in [6, 6.07) is 12.6. The van der Waals surface area contributed by atoms with Crippen LogP contribution in [0.25, 0.3) is 6.08 Å². The highest BCUT2D eigenvalue weighted by molar-refractivity contribution is 6.08. The van der Waals surface area contributed by atoms with Gasteiger partial charge in [0.1, 0.15) is 23.9 Å². The van der Waals surface area contributed by atoms with Gasteiger partial charge in [-0.2, -0.15) is 0 Å². The Balaban J connectivity index is 2.13. The smallest absolute Gasteiger partial charge is 0.189 e. The molecule has 0 fully saturated rings. The first kappa shape index (κ1) is 17.3. The molecule has 4 heteroatoms. The number of hydrogen-bond donors (Lipinski definition) is 0. The predicted molar refractivity (Wildman–Crippen MR) is 95.0 cm³/mol. The van der Waals surface area contributed by atoms with Crippen molar-refractivity contribution in [3.8, 4) is 17.2 Å². The monoisotopic (exact) mass is 324 g/mol. The average molecular weight is 324 g/mol. The molecule has 124 valence electrons. The lowest BCUT2D eigenvalue weighted by atomic mass is 10.1. The van der Waals surface area contributed by atoms with E-state index < -0.39 is 0 Å². The van der Waals surface area contributed by atoms with Gasteiger partial charge in [0.25, 0.3) is 0 Å². The Morgan fingerprint density at radius 3 is 2.38 bits per heavy atom. The largest absolute Gasteiger partial charge is 0.497 e. The molecule has 24 heavy (non-hydrogen) atoms. The Morgan fingerprint density at radius 2 is 1.75 bits per heavy atom. The first-order valence-electron chi connectivity index (χ1n) is 7.46. The van der Waals surface area contributed by atoms with Gasteiger partial charge >= 0.3 is 0 Å². The highest BCUT2D eigenvalue weighted by Crippen LogP contribution is 2.25. The first-order chi connectivity index (χ1) is 11.7. The molecule has 0 atom stereocenters. The standard InChI is InChI=1S/C20H20O4/c1-4-13-24-16-8-5-15(6-9-16)7-11-19(21)18-14-17(22-2)10-12-20(18)23-3/h4-12,14H,1,13H2,2-3H3/b11-7+. The van der Waals surface area contributed by atoms with Gasteiger partial charge in [-0.25, -0.2) is 0 Å². The van der Waals surface area contributed by atoms with E-state index in [1.54, 1.807) is 37.5 Å². The lowest BCUT2D eigenvalue weighted by Crippen LogP contribution is -1.99. The van der Waals surface area contributed by atoms with Gasteiger partial charge in [0.15, 0.2) is 5.78 Å². The van der Waals surface area contributed by atoms with Crippen LogP contribution >= 0.6 is 0 Å². The summed E-state index contributed by atoms with van der Waals surface area (Å²) in [5.41, 5.74) is 1.36. The fraction of sp³-hybridized carbons (Fsp3) is 0.150. The maximum Gasteiger partial charge on any atom is 0.189 e. The minimum atomic E-state index is -0.155. The summed E-state index contributed by atoms with van der Waals surface area (Å²) in [7, 11) is 3.09. The van der Waals surface area contributed by atoms with E-state index in [0.717, 1.165) is 11.3 Å². The molecule has 0 saturated heterocycles. The number of rotatable bonds is 8. The minimum absolute atomic E-state index is 0.155. The molecule has 0 aliphatic heterocycles. The van der Waals surface area contributed by atoms with Gasteiger partial charge in [0.2, 0.25) is 0 Å². The predicted octanol–water partition coefficient (Wildman–Crippen LogP) is 4.16. The Kier molecular flexibility index (Phi) is 6.20. The molecule has 0 aliphatic carbocycles. The van der Waals surface area contributed by atoms with Gasteiger partial charge < -0.3 is 14.2 Å². The second-order valence-electron chi connectivity index (χ2n) is 4.93. The molecule has 0 saturated carbocycles. The van der Waals surface area contributed by atoms with Crippen LogP contribution in [0, 0.1) is 0 Å². The van der Waals surface area contributed by atoms with Crippen molar-refractivity contribution in [1.29, 1.82) is 0 Å². The van der Waals surface area contributed by atoms with E-state index in [4.69, 9.17) is 14.2 Å². The number of ketones is 1. The first-order valence-corrected chi connectivity index (χ1v) is 7.46. The number of benzene rings is 2. The van der Waals surface area contributed by atoms with Gasteiger partial charge in [0.05, 0.1) is 19.8 Å². The summed E-state index contributed by atoms with van der Waals surface area (Å²) < 4.78 is 15.8. The molecule has 0 N–H and O–H groups in total. The zero-order chi connectivity index (χ0) is 17.4. The molecule has 0 aromatic heterocycles. The molecule has 0 heterocycles. The molecule has 2 rings (SSSR count). The molecule has 0 amide bonds. The fourth-order valence-corrected chi connectivity index (χ4v) is 2.10. The van der Waals surface area contributed by atoms with Crippen molar-refractivity contribution < 1.29 is 19.0 Å². The lowest BCUT2D eigenvalue weighted by Gasteiger charge is -2.08. The quantitative estimate of drug-likeness (QED) is 0.415. The van der Waals surface area contributed by atoms with Crippen LogP contribution in [0.3, 0.4) is 0 Å². The molecule has 0 radical (unpaired) electrons. The third-order valence-corrected chi connectivity index (χ3v) is 3.35. The minimum Gasteiger partial charge on any atom is -0.497 e. The molecule has 2 aromatic rings. The van der Waals surface area contributed by atoms with E-state index in [1.807, 2.05) is 24.3 Å². The zero-order valence-electron chi connectivity index (χ0n) is 13.8. The van der Waals surface area contributed by atoms with Gasteiger partial charge in [-0.05, 0) is 42.0 Å². The van der Waals surface area contributed by atoms with Crippen molar-refractivity contribution in [2.45, 2.75) is 0 Å². The lowest BCUT2D eigenvalue weighted by molar-refractivity contribution is 0.104. The normalized spacial score (nSPS) is 10.4. The van der Waals surface area contributed by atoms with E-state index in [0.29, 0.717) is 23.7 Å². The van der Waals surface area contributed by atoms with Crippen molar-refractivity contribution in [1.82, 2.24) is 0 Å². The van der Waals surface area contributed by atoms with Crippen LogP contribution in [-0.4, -0.2) is 26.6 Å². The highest BCUT2D eigenvalue weighted by Gasteiger charge is 2.11. The molecule has 2 aromatic carbocycles. The number of ether oxygens (including phenoxy) is 3. The fourth-order valence-electron chi connectivity index (χ4n) is 2.10. The number of allylic oxidation sites excluding steroid dienone is 1. The maximum absolute atomic E-state index is 12.4. The summed E-state index contributed by atoms with van der Waals surface area (Å²) in [4.78, 5) is 12.4. The molecule has 0 unspecified atom stereocenters. The second kappa shape index (κ2) is 8.58. The van der Waals surface area contributed by atoms with Crippen LogP contribution in [0.1, 0.15) is 15.9 Å². The Morgan fingerprint density at radius 1 is 1.04 bits per heavy atom. The van der Waals surface area contributed by atoms with Crippen molar-refractivity contribution >= 4 is 11.9 Å².